The van der Waals surface area contributed by atoms with Gasteiger partial charge in [0.2, 0.25) is 0 Å². The molecule has 0 spiro atoms. The summed E-state index contributed by atoms with van der Waals surface area (Å²) in [5.41, 5.74) is 0.593. The summed E-state index contributed by atoms with van der Waals surface area (Å²) in [6, 6.07) is 1.99. The summed E-state index contributed by atoms with van der Waals surface area (Å²) in [5, 5.41) is 7.37. The maximum atomic E-state index is 13.7. The van der Waals surface area contributed by atoms with Crippen LogP contribution in [0.15, 0.2) is 16.6 Å². The lowest BCUT2D eigenvalue weighted by Crippen LogP contribution is -2.04. The molecule has 0 unspecified atom stereocenters. The molecule has 0 aliphatic heterocycles. The average Bonchev–Trinajstić information content (AvgIpc) is 2.66. The first kappa shape index (κ1) is 12.8. The van der Waals surface area contributed by atoms with E-state index in [2.05, 4.69) is 26.2 Å². The second-order valence-corrected chi connectivity index (χ2v) is 4.56. The first-order valence-electron chi connectivity index (χ1n) is 5.00. The van der Waals surface area contributed by atoms with Crippen LogP contribution in [0.3, 0.4) is 0 Å². The second-order valence-electron chi connectivity index (χ2n) is 3.71. The fraction of sp³-hybridized carbons (Fsp3) is 0.182. The molecule has 0 bridgehead atoms. The lowest BCUT2D eigenvalue weighted by Gasteiger charge is -2.06. The number of carbonyl (C=O) groups excluding carboxylic acids is 1. The van der Waals surface area contributed by atoms with Crippen molar-refractivity contribution in [3.8, 4) is 5.69 Å². The molecule has 18 heavy (non-hydrogen) atoms. The fourth-order valence-electron chi connectivity index (χ4n) is 1.56. The van der Waals surface area contributed by atoms with Crippen LogP contribution in [0.5, 0.6) is 0 Å². The van der Waals surface area contributed by atoms with Crippen LogP contribution in [0.25, 0.3) is 5.69 Å². The molecule has 1 heterocycles. The Balaban J connectivity index is 2.63. The minimum atomic E-state index is -0.779. The third kappa shape index (κ3) is 2.05. The summed E-state index contributed by atoms with van der Waals surface area (Å²) in [7, 11) is 0. The van der Waals surface area contributed by atoms with Crippen molar-refractivity contribution in [3.63, 3.8) is 0 Å². The van der Waals surface area contributed by atoms with Crippen LogP contribution in [-0.4, -0.2) is 20.8 Å². The van der Waals surface area contributed by atoms with Gasteiger partial charge in [-0.1, -0.05) is 5.21 Å². The van der Waals surface area contributed by atoms with Gasteiger partial charge in [-0.15, -0.1) is 5.10 Å². The number of carbonyl (C=O) groups is 1. The number of Topliss-reactive ketones (excluding diaryl/α,β-unsaturated/α-hetero) is 1. The normalized spacial score (nSPS) is 10.7. The zero-order valence-electron chi connectivity index (χ0n) is 9.54. The van der Waals surface area contributed by atoms with Crippen molar-refractivity contribution in [2.75, 3.05) is 0 Å². The highest BCUT2D eigenvalue weighted by atomic mass is 79.9. The van der Waals surface area contributed by atoms with E-state index in [1.165, 1.54) is 13.0 Å². The molecule has 0 saturated heterocycles. The highest BCUT2D eigenvalue weighted by Gasteiger charge is 2.17. The number of hydrogen-bond acceptors (Lipinski definition) is 3. The van der Waals surface area contributed by atoms with Crippen LogP contribution in [-0.2, 0) is 0 Å². The zero-order chi connectivity index (χ0) is 13.4. The molecule has 0 radical (unpaired) electrons. The number of hydrogen-bond donors (Lipinski definition) is 0. The van der Waals surface area contributed by atoms with Crippen molar-refractivity contribution in [1.82, 2.24) is 15.0 Å². The van der Waals surface area contributed by atoms with Crippen LogP contribution in [0.4, 0.5) is 8.78 Å². The Bertz CT molecular complexity index is 639. The molecule has 0 aliphatic rings. The second kappa shape index (κ2) is 4.56. The summed E-state index contributed by atoms with van der Waals surface area (Å²) in [4.78, 5) is 11.2. The van der Waals surface area contributed by atoms with Gasteiger partial charge in [-0.05, 0) is 28.9 Å². The van der Waals surface area contributed by atoms with E-state index in [-0.39, 0.29) is 21.6 Å². The van der Waals surface area contributed by atoms with Gasteiger partial charge in [0, 0.05) is 13.0 Å². The van der Waals surface area contributed by atoms with Gasteiger partial charge < -0.3 is 0 Å². The maximum absolute atomic E-state index is 13.7. The number of rotatable bonds is 2. The number of aromatic nitrogens is 3. The van der Waals surface area contributed by atoms with Crippen molar-refractivity contribution < 1.29 is 13.6 Å². The van der Waals surface area contributed by atoms with E-state index < -0.39 is 11.6 Å². The van der Waals surface area contributed by atoms with Crippen molar-refractivity contribution in [2.24, 2.45) is 0 Å². The van der Waals surface area contributed by atoms with E-state index in [0.717, 1.165) is 10.7 Å². The molecule has 0 amide bonds. The fourth-order valence-corrected chi connectivity index (χ4v) is 1.89. The zero-order valence-corrected chi connectivity index (χ0v) is 11.1. The predicted molar refractivity (Wildman–Crippen MR) is 63.7 cm³/mol. The van der Waals surface area contributed by atoms with Gasteiger partial charge in [0.25, 0.3) is 0 Å². The van der Waals surface area contributed by atoms with Gasteiger partial charge in [0.05, 0.1) is 10.2 Å². The number of benzene rings is 1. The van der Waals surface area contributed by atoms with E-state index in [9.17, 15) is 13.6 Å². The third-order valence-corrected chi connectivity index (χ3v) is 3.05. The monoisotopic (exact) mass is 315 g/mol. The SMILES string of the molecule is CC(=O)c1nnn(-c2cc(Br)c(F)cc2F)c1C. The van der Waals surface area contributed by atoms with Crippen molar-refractivity contribution >= 4 is 21.7 Å². The van der Waals surface area contributed by atoms with E-state index in [4.69, 9.17) is 0 Å². The van der Waals surface area contributed by atoms with E-state index in [0.29, 0.717) is 5.69 Å². The van der Waals surface area contributed by atoms with Gasteiger partial charge in [0.1, 0.15) is 11.5 Å². The van der Waals surface area contributed by atoms with Gasteiger partial charge in [-0.25, -0.2) is 13.5 Å². The summed E-state index contributed by atoms with van der Waals surface area (Å²) < 4.78 is 28.1. The lowest BCUT2D eigenvalue weighted by molar-refractivity contribution is 0.101. The molecule has 0 atom stereocenters. The van der Waals surface area contributed by atoms with Crippen LogP contribution < -0.4 is 0 Å². The minimum absolute atomic E-state index is 0.0285. The van der Waals surface area contributed by atoms with E-state index >= 15 is 0 Å². The smallest absolute Gasteiger partial charge is 0.181 e. The molecule has 7 heteroatoms. The Kier molecular flexibility index (Phi) is 3.25. The molecular formula is C11H8BrF2N3O. The van der Waals surface area contributed by atoms with Gasteiger partial charge in [0.15, 0.2) is 17.3 Å². The molecule has 1 aromatic carbocycles. The highest BCUT2D eigenvalue weighted by Crippen LogP contribution is 2.23. The molecule has 0 fully saturated rings. The van der Waals surface area contributed by atoms with Gasteiger partial charge >= 0.3 is 0 Å². The molecule has 94 valence electrons. The topological polar surface area (TPSA) is 47.8 Å². The summed E-state index contributed by atoms with van der Waals surface area (Å²) in [6.45, 7) is 2.94. The summed E-state index contributed by atoms with van der Waals surface area (Å²) >= 11 is 2.97. The minimum Gasteiger partial charge on any atom is -0.293 e. The van der Waals surface area contributed by atoms with E-state index in [1.807, 2.05) is 0 Å². The van der Waals surface area contributed by atoms with Crippen LogP contribution in [0, 0.1) is 18.6 Å². The van der Waals surface area contributed by atoms with Crippen LogP contribution >= 0.6 is 15.9 Å². The Morgan fingerprint density at radius 3 is 2.56 bits per heavy atom. The third-order valence-electron chi connectivity index (χ3n) is 2.45. The predicted octanol–water partition coefficient (Wildman–Crippen LogP) is 2.82. The van der Waals surface area contributed by atoms with Crippen molar-refractivity contribution in [1.29, 1.82) is 0 Å². The summed E-state index contributed by atoms with van der Waals surface area (Å²) in [6.07, 6.45) is 0. The standard InChI is InChI=1S/C11H8BrF2N3O/c1-5-11(6(2)18)15-16-17(5)10-3-7(12)8(13)4-9(10)14/h3-4H,1-2H3. The number of halogens is 3. The molecule has 0 N–H and O–H groups in total. The Labute approximate surface area is 110 Å². The molecule has 1 aromatic heterocycles. The molecule has 2 rings (SSSR count). The quantitative estimate of drug-likeness (QED) is 0.632. The largest absolute Gasteiger partial charge is 0.293 e. The maximum Gasteiger partial charge on any atom is 0.181 e. The Morgan fingerprint density at radius 1 is 1.33 bits per heavy atom. The molecule has 4 nitrogen and oxygen atoms in total. The summed E-state index contributed by atoms with van der Waals surface area (Å²) in [5.74, 6) is -1.75. The number of ketones is 1. The first-order chi connectivity index (χ1) is 8.41. The lowest BCUT2D eigenvalue weighted by atomic mass is 10.2. The molecule has 2 aromatic rings. The van der Waals surface area contributed by atoms with Gasteiger partial charge in [-0.2, -0.15) is 0 Å². The van der Waals surface area contributed by atoms with E-state index in [1.54, 1.807) is 6.92 Å². The van der Waals surface area contributed by atoms with Crippen LogP contribution in [0.1, 0.15) is 23.1 Å². The molecular weight excluding hydrogens is 308 g/mol. The first-order valence-corrected chi connectivity index (χ1v) is 5.79. The number of nitrogens with zero attached hydrogens (tertiary/aromatic N) is 3. The van der Waals surface area contributed by atoms with Gasteiger partial charge in [-0.3, -0.25) is 4.79 Å². The Hall–Kier alpha value is -1.63. The van der Waals surface area contributed by atoms with Crippen molar-refractivity contribution in [2.45, 2.75) is 13.8 Å². The Morgan fingerprint density at radius 2 is 2.00 bits per heavy atom. The molecule has 0 saturated carbocycles. The highest BCUT2D eigenvalue weighted by molar-refractivity contribution is 9.10. The van der Waals surface area contributed by atoms with Crippen molar-refractivity contribution in [3.05, 3.63) is 39.6 Å². The molecule has 0 aliphatic carbocycles. The van der Waals surface area contributed by atoms with Crippen LogP contribution in [0.2, 0.25) is 0 Å². The average molecular weight is 316 g/mol.